The number of amides is 1. The quantitative estimate of drug-likeness (QED) is 0.793. The van der Waals surface area contributed by atoms with Crippen molar-refractivity contribution in [1.82, 2.24) is 4.90 Å². The van der Waals surface area contributed by atoms with E-state index in [1.807, 2.05) is 4.90 Å². The zero-order valence-corrected chi connectivity index (χ0v) is 11.2. The van der Waals surface area contributed by atoms with Crippen molar-refractivity contribution in [1.29, 1.82) is 0 Å². The number of carbonyl (C=O) groups is 1. The number of carbonyl (C=O) groups excluding carboxylic acids is 1. The summed E-state index contributed by atoms with van der Waals surface area (Å²) < 4.78 is 0. The molecule has 1 atom stereocenters. The summed E-state index contributed by atoms with van der Waals surface area (Å²) in [5.74, 6) is 1.46. The number of hydrogen-bond acceptors (Lipinski definition) is 3. The number of piperidine rings is 1. The van der Waals surface area contributed by atoms with E-state index in [1.54, 1.807) is 0 Å². The van der Waals surface area contributed by atoms with Gasteiger partial charge in [-0.05, 0) is 56.9 Å². The van der Waals surface area contributed by atoms with Crippen molar-refractivity contribution >= 4 is 5.91 Å². The van der Waals surface area contributed by atoms with E-state index >= 15 is 0 Å². The molecule has 1 unspecified atom stereocenters. The first-order valence-corrected chi connectivity index (χ1v) is 7.35. The lowest BCUT2D eigenvalue weighted by Crippen LogP contribution is -2.42. The predicted octanol–water partition coefficient (Wildman–Crippen LogP) is 1.12. The molecule has 1 amide bonds. The average molecular weight is 254 g/mol. The van der Waals surface area contributed by atoms with Crippen molar-refractivity contribution in [2.45, 2.75) is 51.0 Å². The van der Waals surface area contributed by atoms with Gasteiger partial charge in [0.15, 0.2) is 0 Å². The highest BCUT2D eigenvalue weighted by atomic mass is 16.3. The molecule has 4 heteroatoms. The van der Waals surface area contributed by atoms with Gasteiger partial charge >= 0.3 is 0 Å². The fourth-order valence-electron chi connectivity index (χ4n) is 3.23. The lowest BCUT2D eigenvalue weighted by molar-refractivity contribution is -0.135. The van der Waals surface area contributed by atoms with Crippen LogP contribution in [-0.4, -0.2) is 41.7 Å². The maximum atomic E-state index is 12.2. The maximum absolute atomic E-state index is 12.2. The van der Waals surface area contributed by atoms with Crippen LogP contribution in [0.2, 0.25) is 0 Å². The lowest BCUT2D eigenvalue weighted by Gasteiger charge is -2.33. The van der Waals surface area contributed by atoms with Crippen molar-refractivity contribution in [2.75, 3.05) is 19.6 Å². The number of rotatable bonds is 3. The minimum Gasteiger partial charge on any atom is -0.391 e. The molecular weight excluding hydrogens is 228 g/mol. The molecule has 2 fully saturated rings. The predicted molar refractivity (Wildman–Crippen MR) is 70.9 cm³/mol. The van der Waals surface area contributed by atoms with Gasteiger partial charge in [0.1, 0.15) is 0 Å². The Balaban J connectivity index is 1.74. The normalized spacial score (nSPS) is 33.4. The van der Waals surface area contributed by atoms with Crippen LogP contribution < -0.4 is 5.73 Å². The van der Waals surface area contributed by atoms with Gasteiger partial charge in [0.2, 0.25) is 5.91 Å². The van der Waals surface area contributed by atoms with E-state index in [0.29, 0.717) is 24.8 Å². The molecule has 1 heterocycles. The Morgan fingerprint density at radius 3 is 2.44 bits per heavy atom. The summed E-state index contributed by atoms with van der Waals surface area (Å²) in [6, 6.07) is 0. The zero-order valence-electron chi connectivity index (χ0n) is 11.2. The fourth-order valence-corrected chi connectivity index (χ4v) is 3.23. The largest absolute Gasteiger partial charge is 0.391 e. The van der Waals surface area contributed by atoms with Gasteiger partial charge in [-0.15, -0.1) is 0 Å². The van der Waals surface area contributed by atoms with E-state index in [0.717, 1.165) is 38.8 Å². The highest BCUT2D eigenvalue weighted by Gasteiger charge is 2.26. The first-order valence-electron chi connectivity index (χ1n) is 7.35. The Morgan fingerprint density at radius 2 is 1.83 bits per heavy atom. The van der Waals surface area contributed by atoms with Crippen LogP contribution in [0, 0.1) is 11.8 Å². The van der Waals surface area contributed by atoms with Gasteiger partial charge in [-0.2, -0.15) is 0 Å². The summed E-state index contributed by atoms with van der Waals surface area (Å²) in [5.41, 5.74) is 5.68. The third kappa shape index (κ3) is 3.69. The van der Waals surface area contributed by atoms with E-state index < -0.39 is 0 Å². The molecule has 0 radical (unpaired) electrons. The Morgan fingerprint density at radius 1 is 1.17 bits per heavy atom. The summed E-state index contributed by atoms with van der Waals surface area (Å²) in [7, 11) is 0. The van der Waals surface area contributed by atoms with E-state index in [2.05, 4.69) is 0 Å². The Hall–Kier alpha value is -0.610. The summed E-state index contributed by atoms with van der Waals surface area (Å²) in [6.45, 7) is 2.16. The Bertz CT molecular complexity index is 275. The zero-order chi connectivity index (χ0) is 13.0. The van der Waals surface area contributed by atoms with Crippen molar-refractivity contribution in [3.63, 3.8) is 0 Å². The van der Waals surface area contributed by atoms with Gasteiger partial charge in [0.25, 0.3) is 0 Å². The van der Waals surface area contributed by atoms with E-state index in [4.69, 9.17) is 5.73 Å². The first-order chi connectivity index (χ1) is 8.69. The van der Waals surface area contributed by atoms with Crippen LogP contribution in [0.3, 0.4) is 0 Å². The highest BCUT2D eigenvalue weighted by Crippen LogP contribution is 2.30. The van der Waals surface area contributed by atoms with Crippen LogP contribution in [0.4, 0.5) is 0 Å². The topological polar surface area (TPSA) is 66.6 Å². The lowest BCUT2D eigenvalue weighted by atomic mass is 9.80. The molecule has 4 nitrogen and oxygen atoms in total. The second kappa shape index (κ2) is 6.53. The fraction of sp³-hybridized carbons (Fsp3) is 0.929. The molecule has 1 saturated heterocycles. The number of β-amino-alcohol motifs (C(OH)–C–C–N with tert-alkyl or cyclic N) is 1. The minimum atomic E-state index is -0.310. The summed E-state index contributed by atoms with van der Waals surface area (Å²) in [4.78, 5) is 14.0. The molecule has 3 N–H and O–H groups in total. The van der Waals surface area contributed by atoms with Crippen molar-refractivity contribution < 1.29 is 9.90 Å². The van der Waals surface area contributed by atoms with Gasteiger partial charge in [0, 0.05) is 19.5 Å². The number of aliphatic hydroxyl groups is 1. The van der Waals surface area contributed by atoms with E-state index in [1.165, 1.54) is 12.8 Å². The van der Waals surface area contributed by atoms with Crippen LogP contribution in [0.15, 0.2) is 0 Å². The Kier molecular flexibility index (Phi) is 5.01. The average Bonchev–Trinajstić information content (AvgIpc) is 2.39. The minimum absolute atomic E-state index is 0.241. The molecule has 0 bridgehead atoms. The smallest absolute Gasteiger partial charge is 0.222 e. The van der Waals surface area contributed by atoms with Crippen molar-refractivity contribution in [2.24, 2.45) is 17.6 Å². The van der Waals surface area contributed by atoms with Crippen LogP contribution in [-0.2, 0) is 4.79 Å². The summed E-state index contributed by atoms with van der Waals surface area (Å²) in [6.07, 6.45) is 6.78. The van der Waals surface area contributed by atoms with Crippen LogP contribution in [0.5, 0.6) is 0 Å². The number of aliphatic hydroxyl groups excluding tert-OH is 1. The van der Waals surface area contributed by atoms with Crippen molar-refractivity contribution in [3.8, 4) is 0 Å². The number of nitrogens with zero attached hydrogens (tertiary/aromatic N) is 1. The molecule has 18 heavy (non-hydrogen) atoms. The number of hydrogen-bond donors (Lipinski definition) is 2. The second-order valence-electron chi connectivity index (χ2n) is 5.96. The van der Waals surface area contributed by atoms with Gasteiger partial charge in [-0.25, -0.2) is 0 Å². The molecule has 0 spiro atoms. The Labute approximate surface area is 110 Å². The third-order valence-corrected chi connectivity index (χ3v) is 4.51. The van der Waals surface area contributed by atoms with Crippen molar-refractivity contribution in [3.05, 3.63) is 0 Å². The second-order valence-corrected chi connectivity index (χ2v) is 5.96. The van der Waals surface area contributed by atoms with Gasteiger partial charge < -0.3 is 15.7 Å². The molecule has 2 rings (SSSR count). The molecule has 1 aliphatic carbocycles. The van der Waals surface area contributed by atoms with Crippen LogP contribution in [0.1, 0.15) is 44.9 Å². The summed E-state index contributed by atoms with van der Waals surface area (Å²) in [5, 5.41) is 9.59. The van der Waals surface area contributed by atoms with Gasteiger partial charge in [0.05, 0.1) is 6.10 Å². The molecule has 0 aromatic rings. The molecule has 2 aliphatic rings. The highest BCUT2D eigenvalue weighted by molar-refractivity contribution is 5.76. The van der Waals surface area contributed by atoms with E-state index in [9.17, 15) is 9.90 Å². The molecule has 0 aromatic heterocycles. The first kappa shape index (κ1) is 13.8. The molecule has 104 valence electrons. The van der Waals surface area contributed by atoms with Gasteiger partial charge in [-0.1, -0.05) is 0 Å². The van der Waals surface area contributed by atoms with Crippen LogP contribution >= 0.6 is 0 Å². The summed E-state index contributed by atoms with van der Waals surface area (Å²) >= 11 is 0. The standard InChI is InChI=1S/C14H26N2O2/c15-9-12-5-3-11(4-6-12)8-14(18)16-7-1-2-13(17)10-16/h11-13,17H,1-10,15H2. The molecular formula is C14H26N2O2. The third-order valence-electron chi connectivity index (χ3n) is 4.51. The van der Waals surface area contributed by atoms with Gasteiger partial charge in [-0.3, -0.25) is 4.79 Å². The number of nitrogens with two attached hydrogens (primary N) is 1. The van der Waals surface area contributed by atoms with E-state index in [-0.39, 0.29) is 12.0 Å². The molecule has 1 aliphatic heterocycles. The molecule has 1 saturated carbocycles. The molecule has 0 aromatic carbocycles. The monoisotopic (exact) mass is 254 g/mol. The van der Waals surface area contributed by atoms with Crippen LogP contribution in [0.25, 0.3) is 0 Å². The number of likely N-dealkylation sites (tertiary alicyclic amines) is 1. The SMILES string of the molecule is NCC1CCC(CC(=O)N2CCCC(O)C2)CC1. The maximum Gasteiger partial charge on any atom is 0.222 e.